The molecular weight excluding hydrogens is 135 g/mol. The molecule has 0 aromatic carbocycles. The number of rotatable bonds is 4. The van der Waals surface area contributed by atoms with E-state index in [9.17, 15) is 4.57 Å². The Bertz CT molecular complexity index is 91.1. The molecule has 0 amide bonds. The fourth-order valence-corrected chi connectivity index (χ4v) is 1.09. The Balaban J connectivity index is 3.01. The lowest BCUT2D eigenvalue weighted by Gasteiger charge is -1.96. The Morgan fingerprint density at radius 1 is 1.56 bits per heavy atom. The van der Waals surface area contributed by atoms with E-state index in [1.165, 1.54) is 0 Å². The highest BCUT2D eigenvalue weighted by Gasteiger charge is 2.08. The summed E-state index contributed by atoms with van der Waals surface area (Å²) in [5.41, 5.74) is 0. The van der Waals surface area contributed by atoms with Crippen molar-refractivity contribution in [3.63, 3.8) is 0 Å². The molecule has 0 aromatic rings. The van der Waals surface area contributed by atoms with Crippen LogP contribution in [0.5, 0.6) is 0 Å². The molecule has 0 saturated carbocycles. The third-order valence-electron chi connectivity index (χ3n) is 1.13. The Hall–Kier alpha value is 0.0600. The largest absolute Gasteiger partial charge is 0.505 e. The van der Waals surface area contributed by atoms with Crippen LogP contribution in [0, 0.1) is 5.92 Å². The molecule has 0 rings (SSSR count). The van der Waals surface area contributed by atoms with Crippen LogP contribution < -0.4 is 0 Å². The maximum absolute atomic E-state index is 10.1. The molecule has 0 fully saturated rings. The van der Waals surface area contributed by atoms with Crippen molar-refractivity contribution in [1.82, 2.24) is 0 Å². The van der Waals surface area contributed by atoms with Gasteiger partial charge in [-0.1, -0.05) is 13.8 Å². The van der Waals surface area contributed by atoms with Crippen molar-refractivity contribution in [2.24, 2.45) is 5.92 Å². The van der Waals surface area contributed by atoms with Gasteiger partial charge in [0.05, 0.1) is 0 Å². The van der Waals surface area contributed by atoms with Crippen LogP contribution in [0.15, 0.2) is 0 Å². The summed E-state index contributed by atoms with van der Waals surface area (Å²) in [6.45, 7) is 4.23. The Morgan fingerprint density at radius 2 is 2.11 bits per heavy atom. The second-order valence-corrected chi connectivity index (χ2v) is 3.76. The van der Waals surface area contributed by atoms with Crippen LogP contribution in [0.4, 0.5) is 0 Å². The molecule has 1 N–H and O–H groups in total. The molecule has 1 unspecified atom stereocenters. The minimum Gasteiger partial charge on any atom is -0.161 e. The van der Waals surface area contributed by atoms with Crippen molar-refractivity contribution in [1.29, 1.82) is 0 Å². The van der Waals surface area contributed by atoms with E-state index in [4.69, 9.17) is 4.89 Å². The Morgan fingerprint density at radius 3 is 2.44 bits per heavy atom. The molecule has 54 valence electrons. The highest BCUT2D eigenvalue weighted by atomic mass is 31.1. The van der Waals surface area contributed by atoms with Crippen molar-refractivity contribution < 1.29 is 9.46 Å². The van der Waals surface area contributed by atoms with Crippen LogP contribution in [-0.4, -0.2) is 11.1 Å². The van der Waals surface area contributed by atoms with E-state index >= 15 is 0 Å². The molecule has 0 heterocycles. The normalized spacial score (nSPS) is 12.2. The Labute approximate surface area is 57.1 Å². The van der Waals surface area contributed by atoms with E-state index in [0.29, 0.717) is 12.1 Å². The van der Waals surface area contributed by atoms with Gasteiger partial charge in [-0.05, 0) is 23.3 Å². The van der Waals surface area contributed by atoms with Gasteiger partial charge in [0, 0.05) is 0 Å². The second kappa shape index (κ2) is 4.89. The van der Waals surface area contributed by atoms with E-state index in [1.54, 1.807) is 0 Å². The third-order valence-corrected chi connectivity index (χ3v) is 1.83. The smallest absolute Gasteiger partial charge is 0.161 e. The standard InChI is InChI=1S/C6H13O2P/c1-6(2)4-3-5-9(7)8/h6H,3-5H2,1-2H3/p+1. The van der Waals surface area contributed by atoms with Crippen molar-refractivity contribution in [3.8, 4) is 0 Å². The van der Waals surface area contributed by atoms with E-state index < -0.39 is 8.03 Å². The van der Waals surface area contributed by atoms with Crippen LogP contribution in [0.2, 0.25) is 0 Å². The van der Waals surface area contributed by atoms with Gasteiger partial charge in [0.1, 0.15) is 0 Å². The predicted molar refractivity (Wildman–Crippen MR) is 38.8 cm³/mol. The van der Waals surface area contributed by atoms with Crippen LogP contribution >= 0.6 is 8.03 Å². The summed E-state index contributed by atoms with van der Waals surface area (Å²) in [4.78, 5) is 8.37. The fourth-order valence-electron chi connectivity index (χ4n) is 0.635. The van der Waals surface area contributed by atoms with Gasteiger partial charge in [0.2, 0.25) is 0 Å². The van der Waals surface area contributed by atoms with E-state index in [0.717, 1.165) is 12.8 Å². The first-order valence-corrected chi connectivity index (χ1v) is 4.66. The van der Waals surface area contributed by atoms with Crippen molar-refractivity contribution in [2.45, 2.75) is 26.7 Å². The molecule has 0 spiro atoms. The summed E-state index contributed by atoms with van der Waals surface area (Å²) in [6, 6.07) is 0. The first-order chi connectivity index (χ1) is 4.13. The van der Waals surface area contributed by atoms with E-state index in [2.05, 4.69) is 13.8 Å². The topological polar surface area (TPSA) is 37.3 Å². The third kappa shape index (κ3) is 8.06. The molecular formula is C6H14O2P+. The van der Waals surface area contributed by atoms with Crippen molar-refractivity contribution in [3.05, 3.63) is 0 Å². The predicted octanol–water partition coefficient (Wildman–Crippen LogP) is 2.16. The zero-order valence-corrected chi connectivity index (χ0v) is 6.90. The molecule has 0 aliphatic carbocycles. The van der Waals surface area contributed by atoms with Crippen LogP contribution in [0.3, 0.4) is 0 Å². The van der Waals surface area contributed by atoms with Gasteiger partial charge in [-0.3, -0.25) is 0 Å². The number of hydrogen-bond acceptors (Lipinski definition) is 1. The molecule has 9 heavy (non-hydrogen) atoms. The molecule has 0 radical (unpaired) electrons. The Kier molecular flexibility index (Phi) is 4.93. The minimum atomic E-state index is -1.88. The quantitative estimate of drug-likeness (QED) is 0.622. The monoisotopic (exact) mass is 149 g/mol. The van der Waals surface area contributed by atoms with Gasteiger partial charge in [0.15, 0.2) is 6.16 Å². The van der Waals surface area contributed by atoms with Gasteiger partial charge in [-0.2, -0.15) is 4.89 Å². The van der Waals surface area contributed by atoms with Crippen molar-refractivity contribution in [2.75, 3.05) is 6.16 Å². The summed E-state index contributed by atoms with van der Waals surface area (Å²) in [5, 5.41) is 0. The highest BCUT2D eigenvalue weighted by molar-refractivity contribution is 7.37. The van der Waals surface area contributed by atoms with E-state index in [-0.39, 0.29) is 0 Å². The van der Waals surface area contributed by atoms with Gasteiger partial charge in [-0.15, -0.1) is 0 Å². The molecule has 2 nitrogen and oxygen atoms in total. The lowest BCUT2D eigenvalue weighted by atomic mass is 10.1. The molecule has 0 saturated heterocycles. The molecule has 0 bridgehead atoms. The molecule has 0 aromatic heterocycles. The zero-order valence-electron chi connectivity index (χ0n) is 6.00. The first kappa shape index (κ1) is 9.06. The zero-order chi connectivity index (χ0) is 7.28. The maximum Gasteiger partial charge on any atom is 0.505 e. The molecule has 3 heteroatoms. The summed E-state index contributed by atoms with van der Waals surface area (Å²) in [5.74, 6) is 0.653. The van der Waals surface area contributed by atoms with Crippen LogP contribution in [0.1, 0.15) is 26.7 Å². The van der Waals surface area contributed by atoms with Crippen molar-refractivity contribution >= 4 is 8.03 Å². The second-order valence-electron chi connectivity index (χ2n) is 2.61. The van der Waals surface area contributed by atoms with Gasteiger partial charge >= 0.3 is 8.03 Å². The molecule has 1 atom stereocenters. The van der Waals surface area contributed by atoms with Gasteiger partial charge < -0.3 is 0 Å². The summed E-state index contributed by atoms with van der Waals surface area (Å²) < 4.78 is 10.1. The van der Waals surface area contributed by atoms with Crippen LogP contribution in [-0.2, 0) is 4.57 Å². The van der Waals surface area contributed by atoms with Gasteiger partial charge in [-0.25, -0.2) is 0 Å². The SMILES string of the molecule is CC(C)CCC[P+](=O)O. The summed E-state index contributed by atoms with van der Waals surface area (Å²) in [6.07, 6.45) is 2.40. The van der Waals surface area contributed by atoms with E-state index in [1.807, 2.05) is 0 Å². The molecule has 0 aliphatic rings. The molecule has 0 aliphatic heterocycles. The lowest BCUT2D eigenvalue weighted by Crippen LogP contribution is -1.87. The first-order valence-electron chi connectivity index (χ1n) is 3.26. The minimum absolute atomic E-state index is 0.466. The lowest BCUT2D eigenvalue weighted by molar-refractivity contribution is 0.494. The average molecular weight is 149 g/mol. The highest BCUT2D eigenvalue weighted by Crippen LogP contribution is 2.16. The number of hydrogen-bond donors (Lipinski definition) is 1. The van der Waals surface area contributed by atoms with Gasteiger partial charge in [0.25, 0.3) is 0 Å². The average Bonchev–Trinajstić information content (AvgIpc) is 1.63. The summed E-state index contributed by atoms with van der Waals surface area (Å²) in [7, 11) is -1.88. The van der Waals surface area contributed by atoms with Crippen LogP contribution in [0.25, 0.3) is 0 Å². The fraction of sp³-hybridized carbons (Fsp3) is 1.00. The maximum atomic E-state index is 10.1. The summed E-state index contributed by atoms with van der Waals surface area (Å²) >= 11 is 0.